The second-order valence-corrected chi connectivity index (χ2v) is 6.07. The van der Waals surface area contributed by atoms with E-state index in [2.05, 4.69) is 48.3 Å². The minimum atomic E-state index is 0.222. The van der Waals surface area contributed by atoms with Crippen molar-refractivity contribution in [2.75, 3.05) is 13.1 Å². The average Bonchev–Trinajstić information content (AvgIpc) is 3.18. The standard InChI is InChI=1S/C16H22N2O/c1-11-9-18(10-12(2)17-11)16(19)15-8-14(15)13-6-4-3-5-7-13/h3-7,11-12,14-15,17H,8-10H2,1-2H3. The van der Waals surface area contributed by atoms with Crippen molar-refractivity contribution in [2.24, 2.45) is 5.92 Å². The molecule has 0 radical (unpaired) electrons. The van der Waals surface area contributed by atoms with Gasteiger partial charge in [-0.2, -0.15) is 0 Å². The van der Waals surface area contributed by atoms with Crippen molar-refractivity contribution in [3.63, 3.8) is 0 Å². The maximum absolute atomic E-state index is 12.5. The number of benzene rings is 1. The van der Waals surface area contributed by atoms with Crippen LogP contribution in [0, 0.1) is 5.92 Å². The summed E-state index contributed by atoms with van der Waals surface area (Å²) in [6.07, 6.45) is 1.02. The van der Waals surface area contributed by atoms with Crippen LogP contribution >= 0.6 is 0 Å². The lowest BCUT2D eigenvalue weighted by molar-refractivity contribution is -0.134. The van der Waals surface area contributed by atoms with Crippen LogP contribution in [0.4, 0.5) is 0 Å². The molecule has 2 aliphatic rings. The molecular formula is C16H22N2O. The summed E-state index contributed by atoms with van der Waals surface area (Å²) in [6, 6.07) is 11.2. The van der Waals surface area contributed by atoms with Crippen molar-refractivity contribution in [1.29, 1.82) is 0 Å². The molecule has 1 aliphatic carbocycles. The first-order valence-corrected chi connectivity index (χ1v) is 7.25. The van der Waals surface area contributed by atoms with Crippen LogP contribution in [0.2, 0.25) is 0 Å². The number of amides is 1. The molecule has 0 aromatic heterocycles. The zero-order valence-corrected chi connectivity index (χ0v) is 11.7. The van der Waals surface area contributed by atoms with E-state index in [9.17, 15) is 4.79 Å². The zero-order valence-electron chi connectivity index (χ0n) is 11.7. The Kier molecular flexibility index (Phi) is 3.31. The monoisotopic (exact) mass is 258 g/mol. The molecule has 0 bridgehead atoms. The summed E-state index contributed by atoms with van der Waals surface area (Å²) < 4.78 is 0. The summed E-state index contributed by atoms with van der Waals surface area (Å²) in [5.41, 5.74) is 1.32. The Balaban J connectivity index is 1.63. The van der Waals surface area contributed by atoms with Gasteiger partial charge in [0.25, 0.3) is 0 Å². The molecule has 1 aromatic carbocycles. The smallest absolute Gasteiger partial charge is 0.226 e. The van der Waals surface area contributed by atoms with E-state index in [1.807, 2.05) is 6.07 Å². The maximum Gasteiger partial charge on any atom is 0.226 e. The molecule has 1 N–H and O–H groups in total. The van der Waals surface area contributed by atoms with Gasteiger partial charge in [-0.1, -0.05) is 30.3 Å². The van der Waals surface area contributed by atoms with E-state index in [0.717, 1.165) is 19.5 Å². The molecule has 102 valence electrons. The lowest BCUT2D eigenvalue weighted by atomic mass is 10.1. The van der Waals surface area contributed by atoms with Gasteiger partial charge in [-0.05, 0) is 31.7 Å². The number of hydrogen-bond donors (Lipinski definition) is 1. The first-order valence-electron chi connectivity index (χ1n) is 7.25. The third-order valence-corrected chi connectivity index (χ3v) is 4.20. The molecule has 4 atom stereocenters. The summed E-state index contributed by atoms with van der Waals surface area (Å²) in [7, 11) is 0. The summed E-state index contributed by atoms with van der Waals surface area (Å²) in [5, 5.41) is 3.47. The van der Waals surface area contributed by atoms with Gasteiger partial charge < -0.3 is 10.2 Å². The molecular weight excluding hydrogens is 236 g/mol. The molecule has 1 aliphatic heterocycles. The fraction of sp³-hybridized carbons (Fsp3) is 0.562. The predicted molar refractivity (Wildman–Crippen MR) is 75.9 cm³/mol. The fourth-order valence-corrected chi connectivity index (χ4v) is 3.28. The lowest BCUT2D eigenvalue weighted by Crippen LogP contribution is -2.56. The van der Waals surface area contributed by atoms with E-state index in [1.165, 1.54) is 5.56 Å². The molecule has 3 heteroatoms. The number of hydrogen-bond acceptors (Lipinski definition) is 2. The molecule has 0 spiro atoms. The van der Waals surface area contributed by atoms with E-state index < -0.39 is 0 Å². The van der Waals surface area contributed by atoms with Crippen molar-refractivity contribution >= 4 is 5.91 Å². The van der Waals surface area contributed by atoms with Crippen molar-refractivity contribution in [3.05, 3.63) is 35.9 Å². The molecule has 4 unspecified atom stereocenters. The summed E-state index contributed by atoms with van der Waals surface area (Å²) in [6.45, 7) is 6.00. The number of carbonyl (C=O) groups is 1. The van der Waals surface area contributed by atoms with Crippen molar-refractivity contribution in [2.45, 2.75) is 38.3 Å². The van der Waals surface area contributed by atoms with Gasteiger partial charge in [0, 0.05) is 31.1 Å². The molecule has 1 amide bonds. The second-order valence-electron chi connectivity index (χ2n) is 6.07. The first-order chi connectivity index (χ1) is 9.15. The summed E-state index contributed by atoms with van der Waals surface area (Å²) >= 11 is 0. The number of piperazine rings is 1. The summed E-state index contributed by atoms with van der Waals surface area (Å²) in [4.78, 5) is 14.6. The second kappa shape index (κ2) is 4.97. The van der Waals surface area contributed by atoms with Gasteiger partial charge in [-0.15, -0.1) is 0 Å². The van der Waals surface area contributed by atoms with Crippen LogP contribution in [0.3, 0.4) is 0 Å². The lowest BCUT2D eigenvalue weighted by Gasteiger charge is -2.36. The Bertz CT molecular complexity index is 449. The van der Waals surface area contributed by atoms with Crippen molar-refractivity contribution in [1.82, 2.24) is 10.2 Å². The van der Waals surface area contributed by atoms with Gasteiger partial charge >= 0.3 is 0 Å². The van der Waals surface area contributed by atoms with Gasteiger partial charge in [0.05, 0.1) is 0 Å². The highest BCUT2D eigenvalue weighted by molar-refractivity contribution is 5.83. The highest BCUT2D eigenvalue weighted by Gasteiger charge is 2.46. The van der Waals surface area contributed by atoms with Crippen LogP contribution < -0.4 is 5.32 Å². The molecule has 1 saturated carbocycles. The zero-order chi connectivity index (χ0) is 13.4. The predicted octanol–water partition coefficient (Wildman–Crippen LogP) is 2.00. The van der Waals surface area contributed by atoms with Gasteiger partial charge in [0.1, 0.15) is 0 Å². The molecule has 2 fully saturated rings. The SMILES string of the molecule is CC1CN(C(=O)C2CC2c2ccccc2)CC(C)N1. The van der Waals surface area contributed by atoms with Crippen LogP contribution in [0.1, 0.15) is 31.7 Å². The van der Waals surface area contributed by atoms with Gasteiger partial charge in [-0.25, -0.2) is 0 Å². The molecule has 3 rings (SSSR count). The van der Waals surface area contributed by atoms with Crippen LogP contribution in [0.15, 0.2) is 30.3 Å². The van der Waals surface area contributed by atoms with Crippen LogP contribution in [0.25, 0.3) is 0 Å². The van der Waals surface area contributed by atoms with Gasteiger partial charge in [0.2, 0.25) is 5.91 Å². The van der Waals surface area contributed by atoms with Crippen molar-refractivity contribution < 1.29 is 4.79 Å². The minimum absolute atomic E-state index is 0.222. The average molecular weight is 258 g/mol. The van der Waals surface area contributed by atoms with E-state index in [1.54, 1.807) is 0 Å². The van der Waals surface area contributed by atoms with Crippen molar-refractivity contribution in [3.8, 4) is 0 Å². The Labute approximate surface area is 115 Å². The molecule has 3 nitrogen and oxygen atoms in total. The van der Waals surface area contributed by atoms with Crippen LogP contribution in [-0.4, -0.2) is 36.0 Å². The fourth-order valence-electron chi connectivity index (χ4n) is 3.28. The van der Waals surface area contributed by atoms with Gasteiger partial charge in [-0.3, -0.25) is 4.79 Å². The highest BCUT2D eigenvalue weighted by Crippen LogP contribution is 2.48. The number of carbonyl (C=O) groups excluding carboxylic acids is 1. The topological polar surface area (TPSA) is 32.3 Å². The number of nitrogens with zero attached hydrogens (tertiary/aromatic N) is 1. The largest absolute Gasteiger partial charge is 0.339 e. The normalized spacial score (nSPS) is 34.1. The van der Waals surface area contributed by atoms with Gasteiger partial charge in [0.15, 0.2) is 0 Å². The minimum Gasteiger partial charge on any atom is -0.339 e. The summed E-state index contributed by atoms with van der Waals surface area (Å²) in [5.74, 6) is 1.03. The Morgan fingerprint density at radius 2 is 1.79 bits per heavy atom. The third kappa shape index (κ3) is 2.66. The molecule has 1 heterocycles. The van der Waals surface area contributed by atoms with E-state index in [4.69, 9.17) is 0 Å². The molecule has 1 aromatic rings. The van der Waals surface area contributed by atoms with Crippen LogP contribution in [0.5, 0.6) is 0 Å². The molecule has 1 saturated heterocycles. The third-order valence-electron chi connectivity index (χ3n) is 4.20. The van der Waals surface area contributed by atoms with E-state index in [-0.39, 0.29) is 5.92 Å². The Hall–Kier alpha value is -1.35. The molecule has 19 heavy (non-hydrogen) atoms. The van der Waals surface area contributed by atoms with Crippen LogP contribution in [-0.2, 0) is 4.79 Å². The van der Waals surface area contributed by atoms with E-state index >= 15 is 0 Å². The Morgan fingerprint density at radius 3 is 2.42 bits per heavy atom. The highest BCUT2D eigenvalue weighted by atomic mass is 16.2. The number of nitrogens with one attached hydrogen (secondary N) is 1. The number of rotatable bonds is 2. The quantitative estimate of drug-likeness (QED) is 0.880. The maximum atomic E-state index is 12.5. The Morgan fingerprint density at radius 1 is 1.16 bits per heavy atom. The first kappa shape index (κ1) is 12.7. The van der Waals surface area contributed by atoms with E-state index in [0.29, 0.717) is 23.9 Å².